The smallest absolute Gasteiger partial charge is 0.259 e. The van der Waals surface area contributed by atoms with E-state index in [0.717, 1.165) is 9.13 Å². The molecule has 2 atom stereocenters. The van der Waals surface area contributed by atoms with Crippen molar-refractivity contribution in [3.63, 3.8) is 0 Å². The van der Waals surface area contributed by atoms with Gasteiger partial charge in [-0.15, -0.1) is 20.5 Å². The number of azo groups is 2. The standard InChI is InChI=1S/C19H22N10O4/c1-8(30)10(12-14(32)28-16(20)24-26-18(28)22-12)6-4-3-5-7-11(9(2)31)13-15(33)29-17(21)25-27-19(29)23-13/h10-11,20-21,32-33H,3-7H2,1-2H3/t10-,11+. The third kappa shape index (κ3) is 3.83. The number of carbonyl (C=O) groups excluding carboxylic acids is 2. The van der Waals surface area contributed by atoms with Gasteiger partial charge in [-0.3, -0.25) is 20.4 Å². The predicted molar refractivity (Wildman–Crippen MR) is 113 cm³/mol. The van der Waals surface area contributed by atoms with Crippen molar-refractivity contribution in [2.75, 3.05) is 0 Å². The Morgan fingerprint density at radius 1 is 0.758 bits per heavy atom. The van der Waals surface area contributed by atoms with Gasteiger partial charge in [0.15, 0.2) is 0 Å². The summed E-state index contributed by atoms with van der Waals surface area (Å²) in [6, 6.07) is 0. The fraction of sp³-hybridized carbons (Fsp3) is 0.474. The Labute approximate surface area is 187 Å². The molecule has 172 valence electrons. The molecule has 2 aliphatic heterocycles. The first-order valence-corrected chi connectivity index (χ1v) is 10.4. The van der Waals surface area contributed by atoms with Crippen molar-refractivity contribution in [1.82, 2.24) is 19.1 Å². The molecule has 0 aromatic carbocycles. The van der Waals surface area contributed by atoms with Crippen LogP contribution in [0.4, 0.5) is 11.9 Å². The van der Waals surface area contributed by atoms with Gasteiger partial charge in [-0.2, -0.15) is 0 Å². The lowest BCUT2D eigenvalue weighted by atomic mass is 9.91. The highest BCUT2D eigenvalue weighted by Crippen LogP contribution is 2.38. The Morgan fingerprint density at radius 3 is 1.48 bits per heavy atom. The Morgan fingerprint density at radius 2 is 1.15 bits per heavy atom. The molecule has 0 unspecified atom stereocenters. The molecule has 4 N–H and O–H groups in total. The number of nitrogens with zero attached hydrogens (tertiary/aromatic N) is 8. The van der Waals surface area contributed by atoms with E-state index in [9.17, 15) is 19.8 Å². The van der Waals surface area contributed by atoms with Crippen molar-refractivity contribution in [1.29, 1.82) is 10.8 Å². The van der Waals surface area contributed by atoms with Gasteiger partial charge in [0.25, 0.3) is 23.8 Å². The minimum atomic E-state index is -0.647. The van der Waals surface area contributed by atoms with Crippen LogP contribution in [0.15, 0.2) is 20.5 Å². The number of imidazole rings is 2. The first kappa shape index (κ1) is 22.1. The van der Waals surface area contributed by atoms with Crippen LogP contribution in [0.5, 0.6) is 11.8 Å². The van der Waals surface area contributed by atoms with E-state index in [-0.39, 0.29) is 58.5 Å². The minimum Gasteiger partial charge on any atom is -0.493 e. The summed E-state index contributed by atoms with van der Waals surface area (Å²) in [5.41, 5.74) is 0.355. The van der Waals surface area contributed by atoms with Crippen LogP contribution in [0.3, 0.4) is 0 Å². The van der Waals surface area contributed by atoms with Crippen LogP contribution in [0.1, 0.15) is 69.2 Å². The highest BCUT2D eigenvalue weighted by molar-refractivity contribution is 5.89. The maximum Gasteiger partial charge on any atom is 0.259 e. The van der Waals surface area contributed by atoms with Crippen LogP contribution >= 0.6 is 0 Å². The van der Waals surface area contributed by atoms with Gasteiger partial charge in [-0.1, -0.05) is 19.3 Å². The SMILES string of the molecule is CC(=O)[C@@H](CCCCC[C@@H](C(C)=O)c1nc2n(c1O)C(=N)N=N2)c1nc2n(c1O)C(=N)N=N2. The molecule has 4 rings (SSSR count). The fourth-order valence-electron chi connectivity index (χ4n) is 4.04. The van der Waals surface area contributed by atoms with E-state index in [1.807, 2.05) is 0 Å². The Kier molecular flexibility index (Phi) is 5.66. The highest BCUT2D eigenvalue weighted by atomic mass is 16.3. The van der Waals surface area contributed by atoms with Gasteiger partial charge < -0.3 is 10.2 Å². The van der Waals surface area contributed by atoms with E-state index in [1.54, 1.807) is 0 Å². The number of fused-ring (bicyclic) bond motifs is 2. The summed E-state index contributed by atoms with van der Waals surface area (Å²) >= 11 is 0. The lowest BCUT2D eigenvalue weighted by Gasteiger charge is -2.14. The molecule has 0 fully saturated rings. The number of rotatable bonds is 10. The quantitative estimate of drug-likeness (QED) is 0.396. The zero-order valence-corrected chi connectivity index (χ0v) is 18.0. The van der Waals surface area contributed by atoms with Gasteiger partial charge in [0.1, 0.15) is 23.0 Å². The molecule has 0 spiro atoms. The Balaban J connectivity index is 1.37. The number of aromatic nitrogens is 4. The van der Waals surface area contributed by atoms with Gasteiger partial charge in [-0.05, 0) is 26.7 Å². The monoisotopic (exact) mass is 454 g/mol. The average Bonchev–Trinajstić information content (AvgIpc) is 3.47. The van der Waals surface area contributed by atoms with Crippen LogP contribution in [0.25, 0.3) is 0 Å². The molecule has 4 heterocycles. The van der Waals surface area contributed by atoms with Gasteiger partial charge in [0.05, 0.1) is 11.8 Å². The van der Waals surface area contributed by atoms with E-state index in [2.05, 4.69) is 30.4 Å². The first-order chi connectivity index (χ1) is 15.7. The van der Waals surface area contributed by atoms with Gasteiger partial charge in [-0.25, -0.2) is 19.1 Å². The molecular formula is C19H22N10O4. The summed E-state index contributed by atoms with van der Waals surface area (Å²) in [5, 5.41) is 50.6. The third-order valence-electron chi connectivity index (χ3n) is 5.74. The summed E-state index contributed by atoms with van der Waals surface area (Å²) in [5.74, 6) is -2.61. The maximum atomic E-state index is 12.2. The molecule has 33 heavy (non-hydrogen) atoms. The zero-order chi connectivity index (χ0) is 23.9. The zero-order valence-electron chi connectivity index (χ0n) is 18.0. The van der Waals surface area contributed by atoms with Crippen molar-refractivity contribution in [2.24, 2.45) is 20.5 Å². The molecule has 0 saturated heterocycles. The van der Waals surface area contributed by atoms with Crippen LogP contribution < -0.4 is 0 Å². The molecular weight excluding hydrogens is 432 g/mol. The first-order valence-electron chi connectivity index (χ1n) is 10.4. The minimum absolute atomic E-state index is 0.0717. The Bertz CT molecular complexity index is 1140. The molecule has 14 heteroatoms. The van der Waals surface area contributed by atoms with Gasteiger partial charge in [0, 0.05) is 0 Å². The van der Waals surface area contributed by atoms with E-state index in [1.165, 1.54) is 13.8 Å². The number of nitrogens with one attached hydrogen (secondary N) is 2. The Hall–Kier alpha value is -4.10. The molecule has 2 aromatic rings. The van der Waals surface area contributed by atoms with Gasteiger partial charge in [0.2, 0.25) is 11.8 Å². The summed E-state index contributed by atoms with van der Waals surface area (Å²) in [6.45, 7) is 2.84. The molecule has 0 saturated carbocycles. The largest absolute Gasteiger partial charge is 0.493 e. The lowest BCUT2D eigenvalue weighted by Crippen LogP contribution is -2.12. The summed E-state index contributed by atoms with van der Waals surface area (Å²) in [6.07, 6.45) is 2.79. The molecule has 0 radical (unpaired) electrons. The van der Waals surface area contributed by atoms with Crippen LogP contribution in [0.2, 0.25) is 0 Å². The summed E-state index contributed by atoms with van der Waals surface area (Å²) in [4.78, 5) is 32.7. The number of unbranched alkanes of at least 4 members (excludes halogenated alkanes) is 2. The number of ketones is 2. The predicted octanol–water partition coefficient (Wildman–Crippen LogP) is 3.25. The van der Waals surface area contributed by atoms with Crippen molar-refractivity contribution >= 4 is 35.4 Å². The number of hydrogen-bond donors (Lipinski definition) is 4. The van der Waals surface area contributed by atoms with Crippen molar-refractivity contribution in [3.05, 3.63) is 11.4 Å². The third-order valence-corrected chi connectivity index (χ3v) is 5.74. The second-order valence-electron chi connectivity index (χ2n) is 7.92. The normalized spacial score (nSPS) is 15.7. The van der Waals surface area contributed by atoms with Crippen molar-refractivity contribution in [2.45, 2.75) is 57.8 Å². The van der Waals surface area contributed by atoms with E-state index in [0.29, 0.717) is 32.1 Å². The molecule has 0 aliphatic carbocycles. The lowest BCUT2D eigenvalue weighted by molar-refractivity contribution is -0.119. The molecule has 14 nitrogen and oxygen atoms in total. The van der Waals surface area contributed by atoms with Crippen molar-refractivity contribution in [3.8, 4) is 11.8 Å². The molecule has 0 bridgehead atoms. The number of carbonyl (C=O) groups is 2. The second-order valence-corrected chi connectivity index (χ2v) is 7.92. The van der Waals surface area contributed by atoms with Crippen molar-refractivity contribution < 1.29 is 19.8 Å². The van der Waals surface area contributed by atoms with Crippen LogP contribution in [-0.2, 0) is 9.59 Å². The number of aromatic hydroxyl groups is 2. The highest BCUT2D eigenvalue weighted by Gasteiger charge is 2.32. The summed E-state index contributed by atoms with van der Waals surface area (Å²) in [7, 11) is 0. The fourth-order valence-corrected chi connectivity index (χ4v) is 4.04. The van der Waals surface area contributed by atoms with Crippen LogP contribution in [-0.4, -0.2) is 52.8 Å². The molecule has 2 aromatic heterocycles. The van der Waals surface area contributed by atoms with E-state index in [4.69, 9.17) is 10.8 Å². The molecule has 0 amide bonds. The van der Waals surface area contributed by atoms with E-state index >= 15 is 0 Å². The molecule has 2 aliphatic rings. The second kappa shape index (κ2) is 8.44. The van der Waals surface area contributed by atoms with Crippen LogP contribution in [0, 0.1) is 10.8 Å². The maximum absolute atomic E-state index is 12.2. The summed E-state index contributed by atoms with van der Waals surface area (Å²) < 4.78 is 2.16. The number of Topliss-reactive ketones (excluding diaryl/α,β-unsaturated/α-hetero) is 2. The van der Waals surface area contributed by atoms with E-state index < -0.39 is 11.8 Å². The number of hydrogen-bond acceptors (Lipinski definition) is 10. The van der Waals surface area contributed by atoms with Gasteiger partial charge >= 0.3 is 0 Å². The average molecular weight is 454 g/mol. The topological polar surface area (TPSA) is 207 Å².